The molecule has 3 rings (SSSR count). The molecule has 0 radical (unpaired) electrons. The number of nitrogens with zero attached hydrogens (tertiary/aromatic N) is 2. The highest BCUT2D eigenvalue weighted by molar-refractivity contribution is 5.23. The molecule has 2 aliphatic heterocycles. The minimum Gasteiger partial charge on any atom is -0.395 e. The molecule has 2 aliphatic rings. The largest absolute Gasteiger partial charge is 0.395 e. The van der Waals surface area contributed by atoms with Gasteiger partial charge in [0.05, 0.1) is 6.61 Å². The minimum absolute atomic E-state index is 0.273. The van der Waals surface area contributed by atoms with Crippen molar-refractivity contribution in [3.63, 3.8) is 0 Å². The second-order valence-corrected chi connectivity index (χ2v) is 5.82. The quantitative estimate of drug-likeness (QED) is 0.850. The van der Waals surface area contributed by atoms with E-state index in [0.717, 1.165) is 13.1 Å². The lowest BCUT2D eigenvalue weighted by atomic mass is 9.87. The van der Waals surface area contributed by atoms with E-state index in [-0.39, 0.29) is 6.61 Å². The Morgan fingerprint density at radius 2 is 1.78 bits per heavy atom. The van der Waals surface area contributed by atoms with Gasteiger partial charge in [0.25, 0.3) is 0 Å². The highest BCUT2D eigenvalue weighted by atomic mass is 16.3. The van der Waals surface area contributed by atoms with Crippen molar-refractivity contribution in [3.8, 4) is 0 Å². The highest BCUT2D eigenvalue weighted by Gasteiger charge is 2.50. The summed E-state index contributed by atoms with van der Waals surface area (Å²) in [4.78, 5) is 4.79. The molecule has 18 heavy (non-hydrogen) atoms. The predicted molar refractivity (Wildman–Crippen MR) is 72.3 cm³/mol. The standard InChI is InChI=1S/C15H22N2O/c1-16-8-12-13(9-16)15(17(2)14(12)10-18)11-6-4-3-5-7-11/h3-7,12-15,18H,8-10H2,1-2H3/t12-,13+,14-,15+/m0/s1. The highest BCUT2D eigenvalue weighted by Crippen LogP contribution is 2.47. The molecule has 0 saturated carbocycles. The average Bonchev–Trinajstić information content (AvgIpc) is 2.84. The topological polar surface area (TPSA) is 26.7 Å². The lowest BCUT2D eigenvalue weighted by Crippen LogP contribution is -2.37. The fourth-order valence-corrected chi connectivity index (χ4v) is 4.01. The summed E-state index contributed by atoms with van der Waals surface area (Å²) in [5.74, 6) is 1.26. The Morgan fingerprint density at radius 3 is 2.44 bits per heavy atom. The van der Waals surface area contributed by atoms with Gasteiger partial charge in [-0.3, -0.25) is 4.90 Å². The number of benzene rings is 1. The van der Waals surface area contributed by atoms with Crippen LogP contribution in [0.4, 0.5) is 0 Å². The molecule has 0 aromatic heterocycles. The van der Waals surface area contributed by atoms with Crippen molar-refractivity contribution in [2.24, 2.45) is 11.8 Å². The van der Waals surface area contributed by atoms with Crippen LogP contribution >= 0.6 is 0 Å². The zero-order valence-electron chi connectivity index (χ0n) is 11.2. The first-order valence-electron chi connectivity index (χ1n) is 6.78. The van der Waals surface area contributed by atoms with Crippen molar-refractivity contribution in [2.75, 3.05) is 33.8 Å². The number of hydrogen-bond acceptors (Lipinski definition) is 3. The first-order valence-corrected chi connectivity index (χ1v) is 6.78. The van der Waals surface area contributed by atoms with Crippen molar-refractivity contribution < 1.29 is 5.11 Å². The van der Waals surface area contributed by atoms with E-state index < -0.39 is 0 Å². The molecule has 1 aromatic rings. The van der Waals surface area contributed by atoms with Crippen LogP contribution in [0.2, 0.25) is 0 Å². The molecule has 0 aliphatic carbocycles. The van der Waals surface area contributed by atoms with Gasteiger partial charge in [0.1, 0.15) is 0 Å². The molecule has 1 aromatic carbocycles. The van der Waals surface area contributed by atoms with E-state index in [0.29, 0.717) is 23.9 Å². The van der Waals surface area contributed by atoms with Gasteiger partial charge in [0.15, 0.2) is 0 Å². The summed E-state index contributed by atoms with van der Waals surface area (Å²) >= 11 is 0. The van der Waals surface area contributed by atoms with Gasteiger partial charge < -0.3 is 10.0 Å². The van der Waals surface area contributed by atoms with Crippen molar-refractivity contribution in [2.45, 2.75) is 12.1 Å². The van der Waals surface area contributed by atoms with E-state index in [1.54, 1.807) is 0 Å². The second-order valence-electron chi connectivity index (χ2n) is 5.82. The summed E-state index contributed by atoms with van der Waals surface area (Å²) < 4.78 is 0. The SMILES string of the molecule is CN1C[C@@H]2[C@H](C1)[C@H](CO)N(C)[C@@H]2c1ccccc1. The number of likely N-dealkylation sites (N-methyl/N-ethyl adjacent to an activating group) is 1. The lowest BCUT2D eigenvalue weighted by molar-refractivity contribution is 0.125. The van der Waals surface area contributed by atoms with Crippen molar-refractivity contribution in [1.29, 1.82) is 0 Å². The Hall–Kier alpha value is -0.900. The number of likely N-dealkylation sites (tertiary alicyclic amines) is 2. The molecule has 2 heterocycles. The van der Waals surface area contributed by atoms with E-state index in [1.165, 1.54) is 5.56 Å². The molecule has 98 valence electrons. The van der Waals surface area contributed by atoms with E-state index in [2.05, 4.69) is 54.2 Å². The summed E-state index contributed by atoms with van der Waals surface area (Å²) in [7, 11) is 4.35. The number of hydrogen-bond donors (Lipinski definition) is 1. The molecule has 4 atom stereocenters. The first kappa shape index (κ1) is 12.2. The monoisotopic (exact) mass is 246 g/mol. The van der Waals surface area contributed by atoms with Crippen LogP contribution in [0.3, 0.4) is 0 Å². The molecular weight excluding hydrogens is 224 g/mol. The summed E-state index contributed by atoms with van der Waals surface area (Å²) in [5, 5.41) is 9.67. The minimum atomic E-state index is 0.273. The molecule has 2 saturated heterocycles. The third kappa shape index (κ3) is 1.78. The second kappa shape index (κ2) is 4.65. The third-order valence-electron chi connectivity index (χ3n) is 4.78. The van der Waals surface area contributed by atoms with Crippen LogP contribution in [-0.2, 0) is 0 Å². The van der Waals surface area contributed by atoms with Crippen molar-refractivity contribution in [1.82, 2.24) is 9.80 Å². The van der Waals surface area contributed by atoms with Gasteiger partial charge >= 0.3 is 0 Å². The van der Waals surface area contributed by atoms with Crippen LogP contribution in [-0.4, -0.2) is 54.7 Å². The van der Waals surface area contributed by atoms with Gasteiger partial charge in [0.2, 0.25) is 0 Å². The van der Waals surface area contributed by atoms with Crippen LogP contribution in [0.5, 0.6) is 0 Å². The van der Waals surface area contributed by atoms with E-state index in [4.69, 9.17) is 0 Å². The smallest absolute Gasteiger partial charge is 0.0590 e. The Kier molecular flexibility index (Phi) is 3.14. The average molecular weight is 246 g/mol. The van der Waals surface area contributed by atoms with E-state index in [9.17, 15) is 5.11 Å². The van der Waals surface area contributed by atoms with E-state index >= 15 is 0 Å². The molecule has 0 spiro atoms. The molecule has 3 heteroatoms. The lowest BCUT2D eigenvalue weighted by Gasteiger charge is -2.29. The third-order valence-corrected chi connectivity index (χ3v) is 4.78. The zero-order valence-corrected chi connectivity index (χ0v) is 11.2. The predicted octanol–water partition coefficient (Wildman–Crippen LogP) is 1.21. The summed E-state index contributed by atoms with van der Waals surface area (Å²) in [6.07, 6.45) is 0. The Morgan fingerprint density at radius 1 is 1.11 bits per heavy atom. The first-order chi connectivity index (χ1) is 8.72. The van der Waals surface area contributed by atoms with Gasteiger partial charge in [-0.15, -0.1) is 0 Å². The van der Waals surface area contributed by atoms with Crippen molar-refractivity contribution >= 4 is 0 Å². The maximum absolute atomic E-state index is 9.67. The Labute approximate surface area is 109 Å². The van der Waals surface area contributed by atoms with Crippen molar-refractivity contribution in [3.05, 3.63) is 35.9 Å². The van der Waals surface area contributed by atoms with Gasteiger partial charge in [-0.1, -0.05) is 30.3 Å². The number of aliphatic hydroxyl groups excluding tert-OH is 1. The maximum atomic E-state index is 9.67. The Balaban J connectivity index is 1.94. The summed E-state index contributed by atoms with van der Waals surface area (Å²) in [6, 6.07) is 11.5. The van der Waals surface area contributed by atoms with Crippen LogP contribution in [0, 0.1) is 11.8 Å². The van der Waals surface area contributed by atoms with Gasteiger partial charge in [-0.25, -0.2) is 0 Å². The van der Waals surface area contributed by atoms with Crippen LogP contribution in [0.15, 0.2) is 30.3 Å². The van der Waals surface area contributed by atoms with E-state index in [1.807, 2.05) is 0 Å². The summed E-state index contributed by atoms with van der Waals surface area (Å²) in [5.41, 5.74) is 1.39. The van der Waals surface area contributed by atoms with Crippen LogP contribution in [0.1, 0.15) is 11.6 Å². The molecule has 0 amide bonds. The summed E-state index contributed by atoms with van der Waals surface area (Å²) in [6.45, 7) is 2.53. The molecular formula is C15H22N2O. The van der Waals surface area contributed by atoms with Crippen LogP contribution in [0.25, 0.3) is 0 Å². The number of fused-ring (bicyclic) bond motifs is 1. The normalized spacial score (nSPS) is 37.1. The zero-order chi connectivity index (χ0) is 12.7. The molecule has 1 N–H and O–H groups in total. The fraction of sp³-hybridized carbons (Fsp3) is 0.600. The number of aliphatic hydroxyl groups is 1. The number of rotatable bonds is 2. The van der Waals surface area contributed by atoms with Gasteiger partial charge in [-0.2, -0.15) is 0 Å². The van der Waals surface area contributed by atoms with Crippen LogP contribution < -0.4 is 0 Å². The molecule has 3 nitrogen and oxygen atoms in total. The molecule has 0 bridgehead atoms. The van der Waals surface area contributed by atoms with Gasteiger partial charge in [-0.05, 0) is 31.5 Å². The molecule has 0 unspecified atom stereocenters. The maximum Gasteiger partial charge on any atom is 0.0590 e. The Bertz CT molecular complexity index is 408. The fourth-order valence-electron chi connectivity index (χ4n) is 4.01. The van der Waals surface area contributed by atoms with Gasteiger partial charge in [0, 0.05) is 25.2 Å². The molecule has 2 fully saturated rings.